The van der Waals surface area contributed by atoms with Gasteiger partial charge in [-0.25, -0.2) is 14.8 Å². The van der Waals surface area contributed by atoms with Gasteiger partial charge in [-0.15, -0.1) is 0 Å². The van der Waals surface area contributed by atoms with Crippen molar-refractivity contribution in [3.63, 3.8) is 0 Å². The summed E-state index contributed by atoms with van der Waals surface area (Å²) < 4.78 is 12.9. The van der Waals surface area contributed by atoms with Crippen molar-refractivity contribution in [1.29, 1.82) is 0 Å². The summed E-state index contributed by atoms with van der Waals surface area (Å²) in [6, 6.07) is 3.61. The fourth-order valence-corrected chi connectivity index (χ4v) is 2.70. The summed E-state index contributed by atoms with van der Waals surface area (Å²) in [5.74, 6) is 1.97. The summed E-state index contributed by atoms with van der Waals surface area (Å²) in [6.45, 7) is 4.92. The summed E-state index contributed by atoms with van der Waals surface area (Å²) in [5.41, 5.74) is 0. The average molecular weight is 360 g/mol. The third kappa shape index (κ3) is 4.62. The van der Waals surface area contributed by atoms with Crippen LogP contribution >= 0.6 is 0 Å². The number of aryl methyl sites for hydroxylation is 1. The zero-order chi connectivity index (χ0) is 18.5. The normalized spacial score (nSPS) is 15.2. The van der Waals surface area contributed by atoms with Gasteiger partial charge in [0.25, 0.3) is 0 Å². The van der Waals surface area contributed by atoms with Crippen LogP contribution in [0.25, 0.3) is 0 Å². The summed E-state index contributed by atoms with van der Waals surface area (Å²) in [5, 5.41) is 7.27. The number of piperidine rings is 1. The van der Waals surface area contributed by atoms with Crippen LogP contribution in [0.3, 0.4) is 0 Å². The summed E-state index contributed by atoms with van der Waals surface area (Å²) in [7, 11) is 1.85. The number of aromatic nitrogens is 4. The highest BCUT2D eigenvalue weighted by Gasteiger charge is 2.25. The molecule has 1 amide bonds. The van der Waals surface area contributed by atoms with Crippen LogP contribution in [-0.4, -0.2) is 56.0 Å². The van der Waals surface area contributed by atoms with E-state index in [1.807, 2.05) is 27.0 Å². The molecule has 1 aliphatic heterocycles. The molecule has 0 atom stereocenters. The van der Waals surface area contributed by atoms with E-state index in [1.54, 1.807) is 21.8 Å². The van der Waals surface area contributed by atoms with Crippen molar-refractivity contribution in [1.82, 2.24) is 24.6 Å². The fourth-order valence-electron chi connectivity index (χ4n) is 2.70. The second-order valence-corrected chi connectivity index (χ2v) is 6.44. The average Bonchev–Trinajstić information content (AvgIpc) is 3.00. The number of carbonyl (C=O) groups is 1. The van der Waals surface area contributed by atoms with Gasteiger partial charge in [0.2, 0.25) is 5.88 Å². The SMILES string of the molecule is CC(C)OC(=O)N1CCC(Oc2cc(Nc3ccnn3C)ncn2)CC1. The van der Waals surface area contributed by atoms with Crippen molar-refractivity contribution < 1.29 is 14.3 Å². The third-order valence-corrected chi connectivity index (χ3v) is 4.04. The van der Waals surface area contributed by atoms with Crippen molar-refractivity contribution >= 4 is 17.7 Å². The van der Waals surface area contributed by atoms with E-state index < -0.39 is 0 Å². The highest BCUT2D eigenvalue weighted by molar-refractivity contribution is 5.67. The summed E-state index contributed by atoms with van der Waals surface area (Å²) >= 11 is 0. The number of nitrogens with zero attached hydrogens (tertiary/aromatic N) is 5. The van der Waals surface area contributed by atoms with Crippen LogP contribution < -0.4 is 10.1 Å². The molecule has 2 aromatic heterocycles. The quantitative estimate of drug-likeness (QED) is 0.874. The Labute approximate surface area is 152 Å². The lowest BCUT2D eigenvalue weighted by Crippen LogP contribution is -2.42. The molecule has 0 radical (unpaired) electrons. The van der Waals surface area contributed by atoms with Crippen LogP contribution in [-0.2, 0) is 11.8 Å². The van der Waals surface area contributed by atoms with Gasteiger partial charge in [0.1, 0.15) is 24.1 Å². The molecular formula is C17H24N6O3. The Balaban J connectivity index is 1.53. The molecule has 1 N–H and O–H groups in total. The van der Waals surface area contributed by atoms with Crippen LogP contribution in [0, 0.1) is 0 Å². The maximum absolute atomic E-state index is 11.9. The smallest absolute Gasteiger partial charge is 0.410 e. The van der Waals surface area contributed by atoms with Crippen LogP contribution in [0.5, 0.6) is 5.88 Å². The molecule has 3 rings (SSSR count). The lowest BCUT2D eigenvalue weighted by Gasteiger charge is -2.31. The van der Waals surface area contributed by atoms with Crippen molar-refractivity contribution in [2.75, 3.05) is 18.4 Å². The van der Waals surface area contributed by atoms with Crippen LogP contribution in [0.1, 0.15) is 26.7 Å². The first kappa shape index (κ1) is 18.0. The molecule has 9 nitrogen and oxygen atoms in total. The number of carbonyl (C=O) groups excluding carboxylic acids is 1. The first-order chi connectivity index (χ1) is 12.5. The highest BCUT2D eigenvalue weighted by atomic mass is 16.6. The van der Waals surface area contributed by atoms with Crippen molar-refractivity contribution in [2.24, 2.45) is 7.05 Å². The molecule has 0 aromatic carbocycles. The molecule has 0 saturated carbocycles. The molecule has 0 bridgehead atoms. The van der Waals surface area contributed by atoms with E-state index in [1.165, 1.54) is 6.33 Å². The minimum absolute atomic E-state index is 0.0116. The Hall–Kier alpha value is -2.84. The standard InChI is InChI=1S/C17H24N6O3/c1-12(2)25-17(24)23-8-5-13(6-9-23)26-16-10-14(18-11-19-16)21-15-4-7-20-22(15)3/h4,7,10-13H,5-6,8-9H2,1-3H3,(H,18,19,21). The zero-order valence-electron chi connectivity index (χ0n) is 15.3. The van der Waals surface area contributed by atoms with Crippen LogP contribution in [0.2, 0.25) is 0 Å². The molecule has 140 valence electrons. The van der Waals surface area contributed by atoms with Crippen LogP contribution in [0.4, 0.5) is 16.4 Å². The summed E-state index contributed by atoms with van der Waals surface area (Å²) in [6.07, 6.45) is 4.29. The molecule has 1 saturated heterocycles. The van der Waals surface area contributed by atoms with Gasteiger partial charge in [-0.05, 0) is 13.8 Å². The first-order valence-electron chi connectivity index (χ1n) is 8.70. The Morgan fingerprint density at radius 3 is 2.73 bits per heavy atom. The molecule has 0 aliphatic carbocycles. The number of nitrogens with one attached hydrogen (secondary N) is 1. The molecule has 1 aliphatic rings. The highest BCUT2D eigenvalue weighted by Crippen LogP contribution is 2.21. The van der Waals surface area contributed by atoms with Gasteiger partial charge >= 0.3 is 6.09 Å². The number of amides is 1. The molecule has 26 heavy (non-hydrogen) atoms. The number of hydrogen-bond acceptors (Lipinski definition) is 7. The van der Waals surface area contributed by atoms with Gasteiger partial charge in [-0.1, -0.05) is 0 Å². The van der Waals surface area contributed by atoms with E-state index >= 15 is 0 Å². The lowest BCUT2D eigenvalue weighted by molar-refractivity contribution is 0.0507. The molecular weight excluding hydrogens is 336 g/mol. The molecule has 3 heterocycles. The zero-order valence-corrected chi connectivity index (χ0v) is 15.3. The van der Waals surface area contributed by atoms with E-state index in [2.05, 4.69) is 20.4 Å². The second-order valence-electron chi connectivity index (χ2n) is 6.44. The minimum atomic E-state index is -0.261. The number of ether oxygens (including phenoxy) is 2. The van der Waals surface area contributed by atoms with Gasteiger partial charge in [-0.3, -0.25) is 4.68 Å². The predicted octanol–water partition coefficient (Wildman–Crippen LogP) is 2.34. The minimum Gasteiger partial charge on any atom is -0.474 e. The molecule has 0 spiro atoms. The number of hydrogen-bond donors (Lipinski definition) is 1. The van der Waals surface area contributed by atoms with Gasteiger partial charge in [-0.2, -0.15) is 5.10 Å². The van der Waals surface area contributed by atoms with Crippen LogP contribution in [0.15, 0.2) is 24.7 Å². The van der Waals surface area contributed by atoms with E-state index in [4.69, 9.17) is 9.47 Å². The van der Waals surface area contributed by atoms with E-state index in [9.17, 15) is 4.79 Å². The van der Waals surface area contributed by atoms with Gasteiger partial charge < -0.3 is 19.7 Å². The predicted molar refractivity (Wildman–Crippen MR) is 95.4 cm³/mol. The number of rotatable bonds is 5. The maximum atomic E-state index is 11.9. The van der Waals surface area contributed by atoms with Gasteiger partial charge in [0.05, 0.1) is 12.3 Å². The molecule has 0 unspecified atom stereocenters. The topological polar surface area (TPSA) is 94.4 Å². The van der Waals surface area contributed by atoms with Crippen molar-refractivity contribution in [3.8, 4) is 5.88 Å². The second kappa shape index (κ2) is 8.03. The fraction of sp³-hybridized carbons (Fsp3) is 0.529. The Morgan fingerprint density at radius 2 is 2.08 bits per heavy atom. The molecule has 2 aromatic rings. The lowest BCUT2D eigenvalue weighted by atomic mass is 10.1. The summed E-state index contributed by atoms with van der Waals surface area (Å²) in [4.78, 5) is 22.0. The van der Waals surface area contributed by atoms with Gasteiger partial charge in [0, 0.05) is 45.1 Å². The van der Waals surface area contributed by atoms with Crippen molar-refractivity contribution in [3.05, 3.63) is 24.7 Å². The van der Waals surface area contributed by atoms with Gasteiger partial charge in [0.15, 0.2) is 0 Å². The Kier molecular flexibility index (Phi) is 5.55. The molecule has 1 fully saturated rings. The Bertz CT molecular complexity index is 740. The molecule has 9 heteroatoms. The number of anilines is 2. The van der Waals surface area contributed by atoms with E-state index in [0.717, 1.165) is 18.7 Å². The number of likely N-dealkylation sites (tertiary alicyclic amines) is 1. The third-order valence-electron chi connectivity index (χ3n) is 4.04. The first-order valence-corrected chi connectivity index (χ1v) is 8.70. The Morgan fingerprint density at radius 1 is 1.31 bits per heavy atom. The monoisotopic (exact) mass is 360 g/mol. The largest absolute Gasteiger partial charge is 0.474 e. The van der Waals surface area contributed by atoms with E-state index in [0.29, 0.717) is 24.8 Å². The van der Waals surface area contributed by atoms with Crippen molar-refractivity contribution in [2.45, 2.75) is 38.9 Å². The van der Waals surface area contributed by atoms with E-state index in [-0.39, 0.29) is 18.3 Å². The maximum Gasteiger partial charge on any atom is 0.410 e.